The van der Waals surface area contributed by atoms with Gasteiger partial charge in [0.05, 0.1) is 10.2 Å². The minimum atomic E-state index is 0.469. The molecular formula is C17H21NS2. The van der Waals surface area contributed by atoms with Gasteiger partial charge in [0, 0.05) is 5.25 Å². The maximum absolute atomic E-state index is 4.73. The van der Waals surface area contributed by atoms with E-state index in [-0.39, 0.29) is 0 Å². The van der Waals surface area contributed by atoms with Crippen LogP contribution in [0.25, 0.3) is 10.2 Å². The van der Waals surface area contributed by atoms with Gasteiger partial charge in [0.2, 0.25) is 0 Å². The number of fused-ring (bicyclic) bond motifs is 1. The molecule has 0 fully saturated rings. The number of para-hydroxylation sites is 1. The number of aromatic nitrogens is 1. The highest BCUT2D eigenvalue weighted by molar-refractivity contribution is 8.01. The highest BCUT2D eigenvalue weighted by atomic mass is 32.2. The maximum atomic E-state index is 4.73. The third-order valence-electron chi connectivity index (χ3n) is 3.06. The molecule has 0 aliphatic carbocycles. The summed E-state index contributed by atoms with van der Waals surface area (Å²) in [5.41, 5.74) is 3.91. The molecule has 0 spiro atoms. The van der Waals surface area contributed by atoms with E-state index in [1.807, 2.05) is 17.8 Å². The van der Waals surface area contributed by atoms with Crippen molar-refractivity contribution in [3.8, 4) is 0 Å². The van der Waals surface area contributed by atoms with Crippen LogP contribution in [-0.4, -0.2) is 10.2 Å². The molecule has 1 aromatic heterocycles. The highest BCUT2D eigenvalue weighted by Gasteiger charge is 2.12. The van der Waals surface area contributed by atoms with Crippen molar-refractivity contribution < 1.29 is 0 Å². The van der Waals surface area contributed by atoms with E-state index in [0.29, 0.717) is 5.25 Å². The van der Waals surface area contributed by atoms with Gasteiger partial charge in [-0.1, -0.05) is 47.2 Å². The number of allylic oxidation sites excluding steroid dienone is 3. The average molecular weight is 303 g/mol. The van der Waals surface area contributed by atoms with E-state index in [1.54, 1.807) is 11.3 Å². The molecule has 2 aromatic rings. The van der Waals surface area contributed by atoms with E-state index in [2.05, 4.69) is 58.0 Å². The van der Waals surface area contributed by atoms with Gasteiger partial charge in [-0.25, -0.2) is 4.98 Å². The standard InChI is InChI=1S/C17H21NS2/c1-5-13(4)11-14(10-12(2)3)19-17-18-15-8-6-7-9-16(15)20-17/h5-10,14H,11H2,1-4H3. The van der Waals surface area contributed by atoms with Crippen LogP contribution in [0, 0.1) is 0 Å². The van der Waals surface area contributed by atoms with Gasteiger partial charge < -0.3 is 0 Å². The first-order valence-electron chi connectivity index (χ1n) is 6.87. The van der Waals surface area contributed by atoms with Crippen LogP contribution in [0.5, 0.6) is 0 Å². The lowest BCUT2D eigenvalue weighted by Crippen LogP contribution is -2.00. The molecule has 1 atom stereocenters. The van der Waals surface area contributed by atoms with Crippen molar-refractivity contribution in [2.24, 2.45) is 0 Å². The van der Waals surface area contributed by atoms with Gasteiger partial charge in [-0.05, 0) is 46.2 Å². The first kappa shape index (κ1) is 15.3. The Morgan fingerprint density at radius 2 is 2.05 bits per heavy atom. The molecule has 1 nitrogen and oxygen atoms in total. The van der Waals surface area contributed by atoms with Crippen molar-refractivity contribution in [1.82, 2.24) is 4.98 Å². The molecule has 3 heteroatoms. The van der Waals surface area contributed by atoms with Crippen molar-refractivity contribution in [3.05, 3.63) is 47.6 Å². The summed E-state index contributed by atoms with van der Waals surface area (Å²) in [6.07, 6.45) is 5.64. The molecule has 2 rings (SSSR count). The minimum Gasteiger partial charge on any atom is -0.230 e. The number of benzene rings is 1. The summed E-state index contributed by atoms with van der Waals surface area (Å²) in [7, 11) is 0. The zero-order chi connectivity index (χ0) is 14.5. The Labute approximate surface area is 129 Å². The van der Waals surface area contributed by atoms with Gasteiger partial charge in [0.15, 0.2) is 4.34 Å². The number of nitrogens with zero attached hydrogens (tertiary/aromatic N) is 1. The smallest absolute Gasteiger partial charge is 0.151 e. The van der Waals surface area contributed by atoms with Crippen LogP contribution in [0.15, 0.2) is 51.9 Å². The molecular weight excluding hydrogens is 282 g/mol. The molecule has 20 heavy (non-hydrogen) atoms. The highest BCUT2D eigenvalue weighted by Crippen LogP contribution is 2.34. The van der Waals surface area contributed by atoms with E-state index in [1.165, 1.54) is 15.8 Å². The zero-order valence-electron chi connectivity index (χ0n) is 12.5. The van der Waals surface area contributed by atoms with Crippen LogP contribution in [0.1, 0.15) is 34.1 Å². The topological polar surface area (TPSA) is 12.9 Å². The molecule has 0 amide bonds. The molecule has 0 radical (unpaired) electrons. The second-order valence-electron chi connectivity index (χ2n) is 5.19. The molecule has 106 valence electrons. The van der Waals surface area contributed by atoms with Gasteiger partial charge in [-0.15, -0.1) is 11.3 Å². The summed E-state index contributed by atoms with van der Waals surface area (Å²) in [5.74, 6) is 0. The fourth-order valence-electron chi connectivity index (χ4n) is 1.97. The predicted octanol–water partition coefficient (Wildman–Crippen LogP) is 6.08. The Bertz CT molecular complexity index is 600. The number of hydrogen-bond acceptors (Lipinski definition) is 3. The van der Waals surface area contributed by atoms with E-state index < -0.39 is 0 Å². The number of rotatable bonds is 5. The quantitative estimate of drug-likeness (QED) is 0.490. The third-order valence-corrected chi connectivity index (χ3v) is 5.33. The summed E-state index contributed by atoms with van der Waals surface area (Å²) < 4.78 is 2.44. The lowest BCUT2D eigenvalue weighted by Gasteiger charge is -2.11. The largest absolute Gasteiger partial charge is 0.230 e. The first-order chi connectivity index (χ1) is 9.58. The van der Waals surface area contributed by atoms with Crippen molar-refractivity contribution in [3.63, 3.8) is 0 Å². The van der Waals surface area contributed by atoms with Gasteiger partial charge >= 0.3 is 0 Å². The molecule has 0 aliphatic rings. The molecule has 1 aromatic carbocycles. The van der Waals surface area contributed by atoms with Gasteiger partial charge in [0.25, 0.3) is 0 Å². The van der Waals surface area contributed by atoms with Crippen LogP contribution in [-0.2, 0) is 0 Å². The van der Waals surface area contributed by atoms with Crippen LogP contribution in [0.2, 0.25) is 0 Å². The fraction of sp³-hybridized carbons (Fsp3) is 0.353. The predicted molar refractivity (Wildman–Crippen MR) is 92.7 cm³/mol. The molecule has 1 heterocycles. The Morgan fingerprint density at radius 3 is 2.70 bits per heavy atom. The normalized spacial score (nSPS) is 13.5. The summed E-state index contributed by atoms with van der Waals surface area (Å²) in [5, 5.41) is 0.469. The molecule has 0 bridgehead atoms. The van der Waals surface area contributed by atoms with E-state index in [9.17, 15) is 0 Å². The van der Waals surface area contributed by atoms with Gasteiger partial charge in [-0.3, -0.25) is 0 Å². The summed E-state index contributed by atoms with van der Waals surface area (Å²) in [6, 6.07) is 8.35. The lowest BCUT2D eigenvalue weighted by atomic mass is 10.1. The molecule has 0 saturated carbocycles. The van der Waals surface area contributed by atoms with Crippen molar-refractivity contribution in [2.75, 3.05) is 0 Å². The summed E-state index contributed by atoms with van der Waals surface area (Å²) in [4.78, 5) is 4.73. The molecule has 0 N–H and O–H groups in total. The summed E-state index contributed by atoms with van der Waals surface area (Å²) >= 11 is 3.67. The second-order valence-corrected chi connectivity index (χ2v) is 7.70. The van der Waals surface area contributed by atoms with Crippen molar-refractivity contribution in [1.29, 1.82) is 0 Å². The monoisotopic (exact) mass is 303 g/mol. The van der Waals surface area contributed by atoms with Crippen LogP contribution < -0.4 is 0 Å². The third kappa shape index (κ3) is 4.22. The van der Waals surface area contributed by atoms with Crippen LogP contribution in [0.3, 0.4) is 0 Å². The van der Waals surface area contributed by atoms with E-state index in [0.717, 1.165) is 16.3 Å². The van der Waals surface area contributed by atoms with E-state index in [4.69, 9.17) is 4.98 Å². The molecule has 1 unspecified atom stereocenters. The average Bonchev–Trinajstić information content (AvgIpc) is 2.79. The lowest BCUT2D eigenvalue weighted by molar-refractivity contribution is 0.978. The molecule has 0 saturated heterocycles. The number of thiazole rings is 1. The summed E-state index contributed by atoms with van der Waals surface area (Å²) in [6.45, 7) is 8.63. The fourth-order valence-corrected chi connectivity index (χ4v) is 4.60. The second kappa shape index (κ2) is 7.09. The first-order valence-corrected chi connectivity index (χ1v) is 8.57. The van der Waals surface area contributed by atoms with Gasteiger partial charge in [-0.2, -0.15) is 0 Å². The number of thioether (sulfide) groups is 1. The van der Waals surface area contributed by atoms with Crippen molar-refractivity contribution >= 4 is 33.3 Å². The molecule has 0 aliphatic heterocycles. The SMILES string of the molecule is CC=C(C)CC(C=C(C)C)Sc1nc2ccccc2s1. The van der Waals surface area contributed by atoms with E-state index >= 15 is 0 Å². The Balaban J connectivity index is 2.20. The van der Waals surface area contributed by atoms with Crippen LogP contribution >= 0.6 is 23.1 Å². The Kier molecular flexibility index (Phi) is 5.44. The zero-order valence-corrected chi connectivity index (χ0v) is 14.1. The Hall–Kier alpha value is -1.06. The minimum absolute atomic E-state index is 0.469. The van der Waals surface area contributed by atoms with Crippen LogP contribution in [0.4, 0.5) is 0 Å². The van der Waals surface area contributed by atoms with Crippen molar-refractivity contribution in [2.45, 2.75) is 43.7 Å². The van der Waals surface area contributed by atoms with Gasteiger partial charge in [0.1, 0.15) is 0 Å². The maximum Gasteiger partial charge on any atom is 0.151 e. The number of hydrogen-bond donors (Lipinski definition) is 0. The Morgan fingerprint density at radius 1 is 1.30 bits per heavy atom.